The van der Waals surface area contributed by atoms with Gasteiger partial charge in [0, 0.05) is 12.8 Å². The van der Waals surface area contributed by atoms with Crippen molar-refractivity contribution < 1.29 is 9.90 Å². The number of Topliss-reactive ketones (excluding diaryl/α,β-unsaturated/α-hetero) is 1. The van der Waals surface area contributed by atoms with Gasteiger partial charge in [0.1, 0.15) is 5.78 Å². The number of aliphatic hydroxyl groups is 1. The third-order valence-corrected chi connectivity index (χ3v) is 2.99. The monoisotopic (exact) mass is 198 g/mol. The first kappa shape index (κ1) is 11.7. The smallest absolute Gasteiger partial charge is 0.133 e. The zero-order valence-electron chi connectivity index (χ0n) is 9.38. The number of ketones is 1. The zero-order chi connectivity index (χ0) is 10.6. The summed E-state index contributed by atoms with van der Waals surface area (Å²) >= 11 is 0. The van der Waals surface area contributed by atoms with E-state index in [0.29, 0.717) is 11.7 Å². The van der Waals surface area contributed by atoms with Crippen molar-refractivity contribution >= 4 is 5.78 Å². The Balaban J connectivity index is 2.15. The SMILES string of the molecule is CC(C)(O)CCCC1CCCC(=O)C1. The van der Waals surface area contributed by atoms with Crippen molar-refractivity contribution in [2.75, 3.05) is 0 Å². The molecule has 0 radical (unpaired) electrons. The van der Waals surface area contributed by atoms with Crippen LogP contribution in [0.2, 0.25) is 0 Å². The molecule has 2 heteroatoms. The average Bonchev–Trinajstić information content (AvgIpc) is 2.01. The molecule has 1 rings (SSSR count). The van der Waals surface area contributed by atoms with E-state index in [0.717, 1.165) is 38.5 Å². The van der Waals surface area contributed by atoms with E-state index in [4.69, 9.17) is 0 Å². The predicted molar refractivity (Wildman–Crippen MR) is 57.1 cm³/mol. The fraction of sp³-hybridized carbons (Fsp3) is 0.917. The Morgan fingerprint density at radius 1 is 1.50 bits per heavy atom. The Bertz CT molecular complexity index is 191. The van der Waals surface area contributed by atoms with Gasteiger partial charge in [-0.05, 0) is 45.4 Å². The second-order valence-electron chi connectivity index (χ2n) is 5.21. The topological polar surface area (TPSA) is 37.3 Å². The molecule has 1 atom stereocenters. The molecule has 1 fully saturated rings. The van der Waals surface area contributed by atoms with Crippen LogP contribution < -0.4 is 0 Å². The number of rotatable bonds is 4. The van der Waals surface area contributed by atoms with Crippen molar-refractivity contribution in [1.82, 2.24) is 0 Å². The number of carbonyl (C=O) groups is 1. The molecule has 0 heterocycles. The van der Waals surface area contributed by atoms with E-state index >= 15 is 0 Å². The van der Waals surface area contributed by atoms with E-state index in [1.165, 1.54) is 6.42 Å². The van der Waals surface area contributed by atoms with Gasteiger partial charge in [-0.3, -0.25) is 4.79 Å². The summed E-state index contributed by atoms with van der Waals surface area (Å²) in [6, 6.07) is 0. The van der Waals surface area contributed by atoms with E-state index < -0.39 is 5.60 Å². The molecule has 1 aliphatic carbocycles. The quantitative estimate of drug-likeness (QED) is 0.754. The van der Waals surface area contributed by atoms with Crippen LogP contribution >= 0.6 is 0 Å². The molecular weight excluding hydrogens is 176 g/mol. The highest BCUT2D eigenvalue weighted by Gasteiger charge is 2.20. The molecule has 2 nitrogen and oxygen atoms in total. The van der Waals surface area contributed by atoms with Crippen LogP contribution in [0.15, 0.2) is 0 Å². The molecule has 0 bridgehead atoms. The van der Waals surface area contributed by atoms with Gasteiger partial charge in [-0.25, -0.2) is 0 Å². The maximum absolute atomic E-state index is 11.2. The average molecular weight is 198 g/mol. The van der Waals surface area contributed by atoms with Gasteiger partial charge in [-0.1, -0.05) is 6.42 Å². The third kappa shape index (κ3) is 4.75. The van der Waals surface area contributed by atoms with Crippen molar-refractivity contribution in [2.45, 2.75) is 64.4 Å². The van der Waals surface area contributed by atoms with Crippen molar-refractivity contribution in [3.8, 4) is 0 Å². The summed E-state index contributed by atoms with van der Waals surface area (Å²) in [6.07, 6.45) is 6.85. The number of hydrogen-bond acceptors (Lipinski definition) is 2. The van der Waals surface area contributed by atoms with Gasteiger partial charge >= 0.3 is 0 Å². The van der Waals surface area contributed by atoms with E-state index in [9.17, 15) is 9.90 Å². The van der Waals surface area contributed by atoms with Crippen molar-refractivity contribution in [3.05, 3.63) is 0 Å². The minimum atomic E-state index is -0.543. The third-order valence-electron chi connectivity index (χ3n) is 2.99. The minimum absolute atomic E-state index is 0.435. The Kier molecular flexibility index (Phi) is 4.11. The van der Waals surface area contributed by atoms with Gasteiger partial charge in [0.2, 0.25) is 0 Å². The van der Waals surface area contributed by atoms with Crippen molar-refractivity contribution in [3.63, 3.8) is 0 Å². The van der Waals surface area contributed by atoms with E-state index in [1.54, 1.807) is 0 Å². The largest absolute Gasteiger partial charge is 0.390 e. The van der Waals surface area contributed by atoms with Gasteiger partial charge in [0.25, 0.3) is 0 Å². The summed E-state index contributed by atoms with van der Waals surface area (Å²) in [4.78, 5) is 11.2. The summed E-state index contributed by atoms with van der Waals surface area (Å²) in [5, 5.41) is 9.53. The Hall–Kier alpha value is -0.370. The summed E-state index contributed by atoms with van der Waals surface area (Å²) in [5.41, 5.74) is -0.543. The van der Waals surface area contributed by atoms with Gasteiger partial charge in [0.05, 0.1) is 5.60 Å². The normalized spacial score (nSPS) is 23.9. The summed E-state index contributed by atoms with van der Waals surface area (Å²) in [6.45, 7) is 3.69. The highest BCUT2D eigenvalue weighted by Crippen LogP contribution is 2.27. The second kappa shape index (κ2) is 4.92. The first-order chi connectivity index (χ1) is 6.47. The molecule has 0 spiro atoms. The molecule has 1 unspecified atom stereocenters. The van der Waals surface area contributed by atoms with E-state index in [-0.39, 0.29) is 0 Å². The van der Waals surface area contributed by atoms with Crippen LogP contribution in [0.4, 0.5) is 0 Å². The van der Waals surface area contributed by atoms with E-state index in [2.05, 4.69) is 0 Å². The van der Waals surface area contributed by atoms with Crippen LogP contribution in [0.25, 0.3) is 0 Å². The molecule has 1 N–H and O–H groups in total. The van der Waals surface area contributed by atoms with E-state index in [1.807, 2.05) is 13.8 Å². The van der Waals surface area contributed by atoms with Crippen molar-refractivity contribution in [2.24, 2.45) is 5.92 Å². The van der Waals surface area contributed by atoms with Gasteiger partial charge in [0.15, 0.2) is 0 Å². The molecular formula is C12H22O2. The minimum Gasteiger partial charge on any atom is -0.390 e. The lowest BCUT2D eigenvalue weighted by Gasteiger charge is -2.22. The van der Waals surface area contributed by atoms with Crippen LogP contribution in [-0.2, 0) is 4.79 Å². The zero-order valence-corrected chi connectivity index (χ0v) is 9.38. The Labute approximate surface area is 86.7 Å². The number of carbonyl (C=O) groups excluding carboxylic acids is 1. The van der Waals surface area contributed by atoms with Gasteiger partial charge < -0.3 is 5.11 Å². The summed E-state index contributed by atoms with van der Waals surface area (Å²) in [7, 11) is 0. The fourth-order valence-corrected chi connectivity index (χ4v) is 2.18. The fourth-order valence-electron chi connectivity index (χ4n) is 2.18. The molecule has 0 amide bonds. The highest BCUT2D eigenvalue weighted by atomic mass is 16.3. The molecule has 0 saturated heterocycles. The molecule has 0 aliphatic heterocycles. The molecule has 0 aromatic rings. The lowest BCUT2D eigenvalue weighted by atomic mass is 9.84. The predicted octanol–water partition coefficient (Wildman–Crippen LogP) is 2.69. The highest BCUT2D eigenvalue weighted by molar-refractivity contribution is 5.79. The maximum atomic E-state index is 11.2. The number of hydrogen-bond donors (Lipinski definition) is 1. The molecule has 1 aliphatic rings. The van der Waals surface area contributed by atoms with Crippen LogP contribution in [0.5, 0.6) is 0 Å². The lowest BCUT2D eigenvalue weighted by Crippen LogP contribution is -2.20. The van der Waals surface area contributed by atoms with Gasteiger partial charge in [-0.15, -0.1) is 0 Å². The first-order valence-corrected chi connectivity index (χ1v) is 5.71. The summed E-state index contributed by atoms with van der Waals surface area (Å²) in [5.74, 6) is 1.03. The first-order valence-electron chi connectivity index (χ1n) is 5.71. The van der Waals surface area contributed by atoms with Crippen LogP contribution in [0, 0.1) is 5.92 Å². The van der Waals surface area contributed by atoms with Crippen LogP contribution in [-0.4, -0.2) is 16.5 Å². The summed E-state index contributed by atoms with van der Waals surface area (Å²) < 4.78 is 0. The van der Waals surface area contributed by atoms with Crippen LogP contribution in [0.3, 0.4) is 0 Å². The molecule has 1 saturated carbocycles. The van der Waals surface area contributed by atoms with Gasteiger partial charge in [-0.2, -0.15) is 0 Å². The molecule has 0 aromatic heterocycles. The lowest BCUT2D eigenvalue weighted by molar-refractivity contribution is -0.121. The molecule has 82 valence electrons. The second-order valence-corrected chi connectivity index (χ2v) is 5.21. The molecule has 0 aromatic carbocycles. The standard InChI is InChI=1S/C12H22O2/c1-12(2,14)8-4-6-10-5-3-7-11(13)9-10/h10,14H,3-9H2,1-2H3. The Morgan fingerprint density at radius 2 is 2.21 bits per heavy atom. The van der Waals surface area contributed by atoms with Crippen molar-refractivity contribution in [1.29, 1.82) is 0 Å². The maximum Gasteiger partial charge on any atom is 0.133 e. The van der Waals surface area contributed by atoms with Crippen LogP contribution in [0.1, 0.15) is 58.8 Å². The molecule has 14 heavy (non-hydrogen) atoms. The Morgan fingerprint density at radius 3 is 2.79 bits per heavy atom.